The zero-order chi connectivity index (χ0) is 21.0. The fraction of sp³-hybridized carbons (Fsp3) is 0.435. The second kappa shape index (κ2) is 8.95. The van der Waals surface area contributed by atoms with Crippen molar-refractivity contribution in [2.75, 3.05) is 20.3 Å². The van der Waals surface area contributed by atoms with Gasteiger partial charge in [-0.3, -0.25) is 0 Å². The number of fused-ring (bicyclic) bond motifs is 1. The molecule has 1 fully saturated rings. The van der Waals surface area contributed by atoms with Crippen LogP contribution in [0.15, 0.2) is 46.8 Å². The Morgan fingerprint density at radius 2 is 1.93 bits per heavy atom. The fourth-order valence-electron chi connectivity index (χ4n) is 4.31. The van der Waals surface area contributed by atoms with Gasteiger partial charge in [0.2, 0.25) is 0 Å². The van der Waals surface area contributed by atoms with E-state index < -0.39 is 17.9 Å². The minimum atomic E-state index is -0.693. The lowest BCUT2D eigenvalue weighted by molar-refractivity contribution is -0.139. The van der Waals surface area contributed by atoms with E-state index in [0.717, 1.165) is 43.6 Å². The molecule has 0 amide bonds. The normalized spacial score (nSPS) is 19.2. The Morgan fingerprint density at radius 1 is 1.17 bits per heavy atom. The SMILES string of the molecule is CCOC(=O)C1=C(C)N2CCCCCC2=C(C(=O)OC)C1c1ccccc1C#N. The van der Waals surface area contributed by atoms with Crippen molar-refractivity contribution < 1.29 is 19.1 Å². The minimum absolute atomic E-state index is 0.229. The first-order chi connectivity index (χ1) is 14.0. The molecule has 0 spiro atoms. The van der Waals surface area contributed by atoms with Crippen LogP contribution in [0, 0.1) is 11.3 Å². The maximum absolute atomic E-state index is 13.0. The number of nitrogens with zero attached hydrogens (tertiary/aromatic N) is 2. The van der Waals surface area contributed by atoms with Crippen LogP contribution in [-0.2, 0) is 19.1 Å². The van der Waals surface area contributed by atoms with Gasteiger partial charge in [0.25, 0.3) is 0 Å². The molecule has 2 aliphatic rings. The molecule has 6 heteroatoms. The van der Waals surface area contributed by atoms with Gasteiger partial charge in [0.1, 0.15) is 0 Å². The topological polar surface area (TPSA) is 79.6 Å². The average molecular weight is 394 g/mol. The van der Waals surface area contributed by atoms with Crippen molar-refractivity contribution in [3.63, 3.8) is 0 Å². The summed E-state index contributed by atoms with van der Waals surface area (Å²) in [4.78, 5) is 28.1. The Bertz CT molecular complexity index is 923. The fourth-order valence-corrected chi connectivity index (χ4v) is 4.31. The summed E-state index contributed by atoms with van der Waals surface area (Å²) in [6.45, 7) is 4.61. The van der Waals surface area contributed by atoms with Crippen LogP contribution in [0.2, 0.25) is 0 Å². The van der Waals surface area contributed by atoms with Crippen LogP contribution < -0.4 is 0 Å². The number of hydrogen-bond acceptors (Lipinski definition) is 6. The van der Waals surface area contributed by atoms with Gasteiger partial charge in [0.15, 0.2) is 0 Å². The Balaban J connectivity index is 2.33. The highest BCUT2D eigenvalue weighted by atomic mass is 16.5. The standard InChI is InChI=1S/C23H26N2O4/c1-4-29-23(27)19-15(2)25-13-9-5-6-12-18(25)21(22(26)28-3)20(19)17-11-8-7-10-16(17)14-24/h7-8,10-11,20H,4-6,9,12-13H2,1-3H3. The lowest BCUT2D eigenvalue weighted by Gasteiger charge is -2.38. The predicted molar refractivity (Wildman–Crippen MR) is 107 cm³/mol. The first-order valence-electron chi connectivity index (χ1n) is 10.0. The Kier molecular flexibility index (Phi) is 6.38. The van der Waals surface area contributed by atoms with E-state index in [4.69, 9.17) is 9.47 Å². The number of carbonyl (C=O) groups excluding carboxylic acids is 2. The Labute approximate surface area is 171 Å². The maximum Gasteiger partial charge on any atom is 0.336 e. The van der Waals surface area contributed by atoms with Crippen LogP contribution in [0.4, 0.5) is 0 Å². The quantitative estimate of drug-likeness (QED) is 0.723. The second-order valence-corrected chi connectivity index (χ2v) is 7.17. The number of rotatable bonds is 4. The number of nitriles is 1. The molecule has 0 bridgehead atoms. The van der Waals surface area contributed by atoms with Gasteiger partial charge >= 0.3 is 11.9 Å². The highest BCUT2D eigenvalue weighted by Crippen LogP contribution is 2.45. The Hall–Kier alpha value is -3.07. The number of carbonyl (C=O) groups is 2. The molecule has 2 heterocycles. The van der Waals surface area contributed by atoms with Gasteiger partial charge in [-0.25, -0.2) is 9.59 Å². The van der Waals surface area contributed by atoms with Crippen LogP contribution in [0.5, 0.6) is 0 Å². The van der Waals surface area contributed by atoms with Crippen LogP contribution in [-0.4, -0.2) is 37.1 Å². The molecule has 1 aromatic rings. The van der Waals surface area contributed by atoms with Crippen LogP contribution in [0.25, 0.3) is 0 Å². The van der Waals surface area contributed by atoms with Crippen molar-refractivity contribution in [3.05, 3.63) is 57.9 Å². The number of esters is 2. The van der Waals surface area contributed by atoms with Crippen molar-refractivity contribution in [3.8, 4) is 6.07 Å². The van der Waals surface area contributed by atoms with Crippen LogP contribution in [0.1, 0.15) is 56.6 Å². The molecule has 1 aromatic carbocycles. The van der Waals surface area contributed by atoms with Gasteiger partial charge in [-0.1, -0.05) is 24.6 Å². The van der Waals surface area contributed by atoms with E-state index in [1.54, 1.807) is 25.1 Å². The molecule has 29 heavy (non-hydrogen) atoms. The van der Waals surface area contributed by atoms with E-state index in [2.05, 4.69) is 11.0 Å². The number of methoxy groups -OCH3 is 1. The molecular weight excluding hydrogens is 368 g/mol. The number of allylic oxidation sites excluding steroid dienone is 2. The third-order valence-corrected chi connectivity index (χ3v) is 5.60. The summed E-state index contributed by atoms with van der Waals surface area (Å²) in [5.74, 6) is -1.63. The average Bonchev–Trinajstić information content (AvgIpc) is 2.99. The van der Waals surface area contributed by atoms with Gasteiger partial charge in [0.05, 0.1) is 42.4 Å². The smallest absolute Gasteiger partial charge is 0.336 e. The summed E-state index contributed by atoms with van der Waals surface area (Å²) < 4.78 is 10.5. The van der Waals surface area contributed by atoms with E-state index in [1.165, 1.54) is 7.11 Å². The molecule has 0 radical (unpaired) electrons. The lowest BCUT2D eigenvalue weighted by Crippen LogP contribution is -2.36. The van der Waals surface area contributed by atoms with Crippen molar-refractivity contribution in [1.82, 2.24) is 4.90 Å². The summed E-state index contributed by atoms with van der Waals surface area (Å²) >= 11 is 0. The third-order valence-electron chi connectivity index (χ3n) is 5.60. The first-order valence-corrected chi connectivity index (χ1v) is 10.0. The monoisotopic (exact) mass is 394 g/mol. The first kappa shape index (κ1) is 20.7. The van der Waals surface area contributed by atoms with Crippen LogP contribution >= 0.6 is 0 Å². The summed E-state index contributed by atoms with van der Waals surface area (Å²) in [5, 5.41) is 9.68. The number of benzene rings is 1. The van der Waals surface area contributed by atoms with Crippen molar-refractivity contribution in [2.24, 2.45) is 0 Å². The molecule has 1 unspecified atom stereocenters. The summed E-state index contributed by atoms with van der Waals surface area (Å²) in [5.41, 5.74) is 3.56. The molecule has 1 saturated heterocycles. The highest BCUT2D eigenvalue weighted by molar-refractivity contribution is 6.00. The van der Waals surface area contributed by atoms with Gasteiger partial charge in [0, 0.05) is 17.9 Å². The van der Waals surface area contributed by atoms with E-state index in [1.807, 2.05) is 13.0 Å². The van der Waals surface area contributed by atoms with E-state index in [0.29, 0.717) is 22.3 Å². The maximum atomic E-state index is 13.0. The molecule has 1 atom stereocenters. The van der Waals surface area contributed by atoms with Crippen molar-refractivity contribution in [2.45, 2.75) is 45.4 Å². The van der Waals surface area contributed by atoms with E-state index in [9.17, 15) is 14.9 Å². The molecule has 0 saturated carbocycles. The van der Waals surface area contributed by atoms with Crippen molar-refractivity contribution in [1.29, 1.82) is 5.26 Å². The van der Waals surface area contributed by atoms with Gasteiger partial charge in [-0.15, -0.1) is 0 Å². The molecule has 3 rings (SSSR count). The molecule has 2 aliphatic heterocycles. The molecule has 0 aliphatic carbocycles. The van der Waals surface area contributed by atoms with Gasteiger partial charge in [-0.2, -0.15) is 5.26 Å². The predicted octanol–water partition coefficient (Wildman–Crippen LogP) is 3.80. The molecule has 0 N–H and O–H groups in total. The van der Waals surface area contributed by atoms with E-state index >= 15 is 0 Å². The molecule has 6 nitrogen and oxygen atoms in total. The molecular formula is C23H26N2O4. The van der Waals surface area contributed by atoms with E-state index in [-0.39, 0.29) is 6.61 Å². The highest BCUT2D eigenvalue weighted by Gasteiger charge is 2.42. The molecule has 152 valence electrons. The van der Waals surface area contributed by atoms with Crippen LogP contribution in [0.3, 0.4) is 0 Å². The summed E-state index contributed by atoms with van der Waals surface area (Å²) in [7, 11) is 1.35. The van der Waals surface area contributed by atoms with Crippen molar-refractivity contribution >= 4 is 11.9 Å². The Morgan fingerprint density at radius 3 is 2.62 bits per heavy atom. The number of hydrogen-bond donors (Lipinski definition) is 0. The number of ether oxygens (including phenoxy) is 2. The van der Waals surface area contributed by atoms with Gasteiger partial charge in [-0.05, 0) is 44.7 Å². The summed E-state index contributed by atoms with van der Waals surface area (Å²) in [6.07, 6.45) is 3.71. The summed E-state index contributed by atoms with van der Waals surface area (Å²) in [6, 6.07) is 9.28. The molecule has 0 aromatic heterocycles. The van der Waals surface area contributed by atoms with Gasteiger partial charge < -0.3 is 14.4 Å². The lowest BCUT2D eigenvalue weighted by atomic mass is 9.77. The minimum Gasteiger partial charge on any atom is -0.466 e. The zero-order valence-corrected chi connectivity index (χ0v) is 17.2. The third kappa shape index (κ3) is 3.77. The largest absolute Gasteiger partial charge is 0.466 e. The second-order valence-electron chi connectivity index (χ2n) is 7.17. The zero-order valence-electron chi connectivity index (χ0n) is 17.2.